The molecular weight excluding hydrogens is 288 g/mol. The molecule has 18 heavy (non-hydrogen) atoms. The molecule has 0 fully saturated rings. The second-order valence-corrected chi connectivity index (χ2v) is 3.99. The van der Waals surface area contributed by atoms with Crippen LogP contribution in [-0.4, -0.2) is 30.2 Å². The SMILES string of the molecule is CCC(CCCl)NC(=O)C(C(F)(F)F)C(F)(F)F. The van der Waals surface area contributed by atoms with E-state index in [2.05, 4.69) is 0 Å². The van der Waals surface area contributed by atoms with Crippen molar-refractivity contribution in [2.75, 3.05) is 5.88 Å². The van der Waals surface area contributed by atoms with Gasteiger partial charge in [-0.25, -0.2) is 0 Å². The van der Waals surface area contributed by atoms with Gasteiger partial charge in [-0.2, -0.15) is 26.3 Å². The Morgan fingerprint density at radius 1 is 1.17 bits per heavy atom. The number of nitrogens with one attached hydrogen (secondary N) is 1. The van der Waals surface area contributed by atoms with Crippen molar-refractivity contribution in [3.05, 3.63) is 0 Å². The average Bonchev–Trinajstić information content (AvgIpc) is 2.11. The normalized spacial score (nSPS) is 14.7. The molecule has 9 heteroatoms. The summed E-state index contributed by atoms with van der Waals surface area (Å²) in [7, 11) is 0. The molecule has 1 atom stereocenters. The Morgan fingerprint density at radius 2 is 1.61 bits per heavy atom. The second kappa shape index (κ2) is 6.49. The number of alkyl halides is 7. The van der Waals surface area contributed by atoms with Crippen LogP contribution < -0.4 is 5.32 Å². The zero-order chi connectivity index (χ0) is 14.6. The molecule has 0 heterocycles. The highest BCUT2D eigenvalue weighted by atomic mass is 35.5. The van der Waals surface area contributed by atoms with E-state index in [4.69, 9.17) is 11.6 Å². The second-order valence-electron chi connectivity index (χ2n) is 3.61. The van der Waals surface area contributed by atoms with E-state index in [1.807, 2.05) is 0 Å². The highest BCUT2D eigenvalue weighted by Crippen LogP contribution is 2.39. The summed E-state index contributed by atoms with van der Waals surface area (Å²) < 4.78 is 73.2. The first kappa shape index (κ1) is 17.3. The summed E-state index contributed by atoms with van der Waals surface area (Å²) in [5.74, 6) is -6.07. The number of hydrogen-bond acceptors (Lipinski definition) is 1. The van der Waals surface area contributed by atoms with E-state index in [0.29, 0.717) is 0 Å². The van der Waals surface area contributed by atoms with E-state index < -0.39 is 30.2 Å². The van der Waals surface area contributed by atoms with Crippen molar-refractivity contribution in [2.45, 2.75) is 38.2 Å². The molecule has 0 saturated heterocycles. The Hall–Kier alpha value is -0.660. The Balaban J connectivity index is 4.89. The summed E-state index contributed by atoms with van der Waals surface area (Å²) in [5.41, 5.74) is 0. The number of amides is 1. The fourth-order valence-corrected chi connectivity index (χ4v) is 1.54. The summed E-state index contributed by atoms with van der Waals surface area (Å²) in [6.07, 6.45) is -11.0. The molecule has 0 bridgehead atoms. The lowest BCUT2D eigenvalue weighted by Gasteiger charge is -2.24. The van der Waals surface area contributed by atoms with Gasteiger partial charge in [0.15, 0.2) is 0 Å². The van der Waals surface area contributed by atoms with E-state index >= 15 is 0 Å². The molecule has 0 spiro atoms. The van der Waals surface area contributed by atoms with Crippen LogP contribution in [-0.2, 0) is 4.79 Å². The first-order valence-corrected chi connectivity index (χ1v) is 5.57. The summed E-state index contributed by atoms with van der Waals surface area (Å²) >= 11 is 5.32. The van der Waals surface area contributed by atoms with Gasteiger partial charge in [0.2, 0.25) is 11.8 Å². The van der Waals surface area contributed by atoms with Gasteiger partial charge in [0, 0.05) is 11.9 Å². The van der Waals surface area contributed by atoms with E-state index in [1.54, 1.807) is 5.32 Å². The molecule has 0 aromatic carbocycles. The molecule has 0 aromatic heterocycles. The maximum Gasteiger partial charge on any atom is 0.409 e. The van der Waals surface area contributed by atoms with Crippen molar-refractivity contribution >= 4 is 17.5 Å². The van der Waals surface area contributed by atoms with Gasteiger partial charge < -0.3 is 5.32 Å². The minimum Gasteiger partial charge on any atom is -0.353 e. The molecule has 1 unspecified atom stereocenters. The van der Waals surface area contributed by atoms with Gasteiger partial charge in [-0.1, -0.05) is 6.92 Å². The molecule has 1 N–H and O–H groups in total. The molecule has 0 aromatic rings. The molecule has 0 radical (unpaired) electrons. The lowest BCUT2D eigenvalue weighted by Crippen LogP contribution is -2.50. The average molecular weight is 300 g/mol. The largest absolute Gasteiger partial charge is 0.409 e. The standard InChI is InChI=1S/C9H12ClF6NO/c1-2-5(3-4-10)17-7(18)6(8(11,12)13)9(14,15)16/h5-6H,2-4H2,1H3,(H,17,18). The number of rotatable bonds is 5. The van der Waals surface area contributed by atoms with Crippen LogP contribution in [0.4, 0.5) is 26.3 Å². The van der Waals surface area contributed by atoms with Gasteiger partial charge >= 0.3 is 12.4 Å². The van der Waals surface area contributed by atoms with Crippen LogP contribution in [0.5, 0.6) is 0 Å². The number of carbonyl (C=O) groups excluding carboxylic acids is 1. The van der Waals surface area contributed by atoms with E-state index in [-0.39, 0.29) is 18.7 Å². The topological polar surface area (TPSA) is 29.1 Å². The van der Waals surface area contributed by atoms with Crippen molar-refractivity contribution < 1.29 is 31.1 Å². The highest BCUT2D eigenvalue weighted by molar-refractivity contribution is 6.17. The van der Waals surface area contributed by atoms with Crippen LogP contribution in [0, 0.1) is 5.92 Å². The zero-order valence-electron chi connectivity index (χ0n) is 9.33. The van der Waals surface area contributed by atoms with Crippen molar-refractivity contribution in [3.8, 4) is 0 Å². The Kier molecular flexibility index (Phi) is 6.25. The highest BCUT2D eigenvalue weighted by Gasteiger charge is 2.61. The zero-order valence-corrected chi connectivity index (χ0v) is 10.1. The third-order valence-electron chi connectivity index (χ3n) is 2.21. The molecule has 0 aliphatic rings. The van der Waals surface area contributed by atoms with E-state index in [0.717, 1.165) is 0 Å². The minimum atomic E-state index is -5.67. The Bertz CT molecular complexity index is 263. The predicted molar refractivity (Wildman–Crippen MR) is 53.2 cm³/mol. The lowest BCUT2D eigenvalue weighted by atomic mass is 10.1. The van der Waals surface area contributed by atoms with Crippen LogP contribution in [0.2, 0.25) is 0 Å². The fraction of sp³-hybridized carbons (Fsp3) is 0.889. The monoisotopic (exact) mass is 299 g/mol. The summed E-state index contributed by atoms with van der Waals surface area (Å²) in [5, 5.41) is 1.72. The predicted octanol–water partition coefficient (Wildman–Crippen LogP) is 3.25. The van der Waals surface area contributed by atoms with Gasteiger partial charge in [-0.05, 0) is 12.8 Å². The summed E-state index contributed by atoms with van der Waals surface area (Å²) in [4.78, 5) is 11.1. The molecular formula is C9H12ClF6NO. The van der Waals surface area contributed by atoms with Gasteiger partial charge in [-0.15, -0.1) is 11.6 Å². The number of carbonyl (C=O) groups is 1. The fourth-order valence-electron chi connectivity index (χ4n) is 1.28. The minimum absolute atomic E-state index is 0.0293. The quantitative estimate of drug-likeness (QED) is 0.613. The lowest BCUT2D eigenvalue weighted by molar-refractivity contribution is -0.274. The van der Waals surface area contributed by atoms with Gasteiger partial charge in [0.1, 0.15) is 0 Å². The Labute approximate surface area is 105 Å². The molecule has 2 nitrogen and oxygen atoms in total. The van der Waals surface area contributed by atoms with Crippen LogP contribution >= 0.6 is 11.6 Å². The van der Waals surface area contributed by atoms with Crippen LogP contribution in [0.1, 0.15) is 19.8 Å². The van der Waals surface area contributed by atoms with Gasteiger partial charge in [0.25, 0.3) is 0 Å². The maximum atomic E-state index is 12.2. The summed E-state index contributed by atoms with van der Waals surface area (Å²) in [6, 6.07) is -0.804. The molecule has 0 aliphatic heterocycles. The number of halogens is 7. The van der Waals surface area contributed by atoms with Crippen molar-refractivity contribution in [3.63, 3.8) is 0 Å². The Morgan fingerprint density at radius 3 is 1.89 bits per heavy atom. The van der Waals surface area contributed by atoms with Crippen LogP contribution in [0.3, 0.4) is 0 Å². The molecule has 108 valence electrons. The third kappa shape index (κ3) is 5.32. The third-order valence-corrected chi connectivity index (χ3v) is 2.43. The van der Waals surface area contributed by atoms with Crippen molar-refractivity contribution in [1.82, 2.24) is 5.32 Å². The smallest absolute Gasteiger partial charge is 0.353 e. The molecule has 1 amide bonds. The summed E-state index contributed by atoms with van der Waals surface area (Å²) in [6.45, 7) is 1.52. The van der Waals surface area contributed by atoms with Gasteiger partial charge in [0.05, 0.1) is 0 Å². The van der Waals surface area contributed by atoms with Crippen LogP contribution in [0.15, 0.2) is 0 Å². The van der Waals surface area contributed by atoms with Crippen molar-refractivity contribution in [1.29, 1.82) is 0 Å². The number of hydrogen-bond donors (Lipinski definition) is 1. The maximum absolute atomic E-state index is 12.2. The first-order valence-electron chi connectivity index (χ1n) is 5.03. The first-order chi connectivity index (χ1) is 8.04. The molecule has 0 saturated carbocycles. The van der Waals surface area contributed by atoms with E-state index in [9.17, 15) is 31.1 Å². The molecule has 0 rings (SSSR count). The van der Waals surface area contributed by atoms with E-state index in [1.165, 1.54) is 6.92 Å². The van der Waals surface area contributed by atoms with Crippen LogP contribution in [0.25, 0.3) is 0 Å². The molecule has 0 aliphatic carbocycles. The van der Waals surface area contributed by atoms with Crippen molar-refractivity contribution in [2.24, 2.45) is 5.92 Å². The van der Waals surface area contributed by atoms with Gasteiger partial charge in [-0.3, -0.25) is 4.79 Å².